The van der Waals surface area contributed by atoms with E-state index in [9.17, 15) is 13.2 Å². The Morgan fingerprint density at radius 2 is 1.12 bits per heavy atom. The van der Waals surface area contributed by atoms with Crippen molar-refractivity contribution in [2.24, 2.45) is 0 Å². The summed E-state index contributed by atoms with van der Waals surface area (Å²) in [7, 11) is -3.89. The second kappa shape index (κ2) is 23.3. The van der Waals surface area contributed by atoms with Crippen LogP contribution in [0.5, 0.6) is 0 Å². The molecule has 0 bridgehead atoms. The van der Waals surface area contributed by atoms with E-state index >= 15 is 0 Å². The first-order valence-corrected chi connectivity index (χ1v) is 15.0. The molecule has 0 unspecified atom stereocenters. The van der Waals surface area contributed by atoms with E-state index in [0.717, 1.165) is 12.8 Å². The van der Waals surface area contributed by atoms with Gasteiger partial charge in [-0.05, 0) is 31.8 Å². The van der Waals surface area contributed by atoms with E-state index in [1.165, 1.54) is 103 Å². The first-order chi connectivity index (χ1) is 15.5. The molecule has 0 radical (unpaired) electrons. The van der Waals surface area contributed by atoms with E-state index in [1.807, 2.05) is 6.08 Å². The zero-order chi connectivity index (χ0) is 23.8. The summed E-state index contributed by atoms with van der Waals surface area (Å²) in [5.74, 6) is -0.387. The standard InChI is InChI=1S/C26H51NO4S/c1-2-3-4-5-6-7-8-9-10-11-12-13-14-15-16-17-18-19-20-23-26(28)27-24-21-22-25-32(29,30)31/h20,23H,2-19,21-22,24-25H2,1H3,(H,27,28)(H,29,30,31)/b23-20+. The number of rotatable bonds is 24. The number of carbonyl (C=O) groups excluding carboxylic acids is 1. The molecule has 5 nitrogen and oxygen atoms in total. The van der Waals surface area contributed by atoms with Gasteiger partial charge in [-0.25, -0.2) is 0 Å². The van der Waals surface area contributed by atoms with Gasteiger partial charge >= 0.3 is 0 Å². The van der Waals surface area contributed by atoms with Crippen molar-refractivity contribution in [3.05, 3.63) is 12.2 Å². The highest BCUT2D eigenvalue weighted by Gasteiger charge is 2.03. The lowest BCUT2D eigenvalue weighted by molar-refractivity contribution is -0.116. The lowest BCUT2D eigenvalue weighted by atomic mass is 10.0. The summed E-state index contributed by atoms with van der Waals surface area (Å²) in [6, 6.07) is 0. The highest BCUT2D eigenvalue weighted by atomic mass is 32.2. The summed E-state index contributed by atoms with van der Waals surface area (Å²) in [5, 5.41) is 2.73. The Morgan fingerprint density at radius 3 is 1.56 bits per heavy atom. The SMILES string of the molecule is CCCCCCCCCCCCCCCCCCC/C=C/C(=O)NCCCCS(=O)(=O)O. The number of unbranched alkanes of at least 4 members (excludes halogenated alkanes) is 18. The molecule has 0 aromatic heterocycles. The van der Waals surface area contributed by atoms with E-state index in [2.05, 4.69) is 12.2 Å². The van der Waals surface area contributed by atoms with Gasteiger partial charge in [0.15, 0.2) is 0 Å². The fraction of sp³-hybridized carbons (Fsp3) is 0.885. The normalized spacial score (nSPS) is 11.9. The van der Waals surface area contributed by atoms with Crippen LogP contribution in [0.15, 0.2) is 12.2 Å². The molecule has 0 aliphatic heterocycles. The van der Waals surface area contributed by atoms with Gasteiger partial charge in [0.1, 0.15) is 0 Å². The number of hydrogen-bond acceptors (Lipinski definition) is 3. The Kier molecular flexibility index (Phi) is 22.6. The average molecular weight is 474 g/mol. The molecule has 0 aliphatic carbocycles. The summed E-state index contributed by atoms with van der Waals surface area (Å²) in [6.07, 6.45) is 28.5. The monoisotopic (exact) mass is 473 g/mol. The molecule has 0 saturated heterocycles. The van der Waals surface area contributed by atoms with Crippen LogP contribution in [0, 0.1) is 0 Å². The lowest BCUT2D eigenvalue weighted by Gasteiger charge is -2.03. The summed E-state index contributed by atoms with van der Waals surface area (Å²) < 4.78 is 29.8. The fourth-order valence-corrected chi connectivity index (χ4v) is 4.43. The summed E-state index contributed by atoms with van der Waals surface area (Å²) >= 11 is 0. The molecule has 6 heteroatoms. The maximum Gasteiger partial charge on any atom is 0.264 e. The minimum Gasteiger partial charge on any atom is -0.353 e. The van der Waals surface area contributed by atoms with Crippen molar-refractivity contribution in [3.8, 4) is 0 Å². The Morgan fingerprint density at radius 1 is 0.688 bits per heavy atom. The third-order valence-corrected chi connectivity index (χ3v) is 6.68. The number of nitrogens with one attached hydrogen (secondary N) is 1. The maximum atomic E-state index is 11.6. The molecule has 190 valence electrons. The van der Waals surface area contributed by atoms with E-state index in [1.54, 1.807) is 6.08 Å². The predicted octanol–water partition coefficient (Wildman–Crippen LogP) is 7.37. The minimum atomic E-state index is -3.89. The number of carbonyl (C=O) groups is 1. The van der Waals surface area contributed by atoms with Crippen LogP contribution in [0.2, 0.25) is 0 Å². The van der Waals surface area contributed by atoms with Gasteiger partial charge in [-0.3, -0.25) is 9.35 Å². The second-order valence-electron chi connectivity index (χ2n) is 9.13. The quantitative estimate of drug-likeness (QED) is 0.0870. The van der Waals surface area contributed by atoms with E-state index < -0.39 is 10.1 Å². The Hall–Kier alpha value is -0.880. The first kappa shape index (κ1) is 31.1. The number of hydrogen-bond donors (Lipinski definition) is 2. The smallest absolute Gasteiger partial charge is 0.264 e. The van der Waals surface area contributed by atoms with Gasteiger partial charge in [0, 0.05) is 6.54 Å². The molecule has 0 aromatic rings. The van der Waals surface area contributed by atoms with Crippen molar-refractivity contribution < 1.29 is 17.8 Å². The molecule has 0 aliphatic rings. The van der Waals surface area contributed by atoms with Gasteiger partial charge in [-0.2, -0.15) is 8.42 Å². The average Bonchev–Trinajstić information content (AvgIpc) is 2.74. The minimum absolute atomic E-state index is 0.135. The fourth-order valence-electron chi connectivity index (χ4n) is 3.86. The molecule has 0 fully saturated rings. The molecular weight excluding hydrogens is 422 g/mol. The van der Waals surface area contributed by atoms with Gasteiger partial charge in [-0.15, -0.1) is 0 Å². The van der Waals surface area contributed by atoms with Gasteiger partial charge < -0.3 is 5.32 Å². The molecule has 0 spiro atoms. The second-order valence-corrected chi connectivity index (χ2v) is 10.7. The van der Waals surface area contributed by atoms with Gasteiger partial charge in [-0.1, -0.05) is 116 Å². The van der Waals surface area contributed by atoms with Gasteiger partial charge in [0.25, 0.3) is 10.1 Å². The van der Waals surface area contributed by atoms with Crippen LogP contribution < -0.4 is 5.32 Å². The molecule has 0 saturated carbocycles. The Labute approximate surface area is 199 Å². The number of amides is 1. The third kappa shape index (κ3) is 27.2. The van der Waals surface area contributed by atoms with E-state index in [-0.39, 0.29) is 11.7 Å². The van der Waals surface area contributed by atoms with Crippen LogP contribution in [0.25, 0.3) is 0 Å². The summed E-state index contributed by atoms with van der Waals surface area (Å²) in [4.78, 5) is 11.6. The van der Waals surface area contributed by atoms with Crippen molar-refractivity contribution in [1.82, 2.24) is 5.32 Å². The highest BCUT2D eigenvalue weighted by Crippen LogP contribution is 2.14. The molecular formula is C26H51NO4S. The summed E-state index contributed by atoms with van der Waals surface area (Å²) in [6.45, 7) is 2.70. The largest absolute Gasteiger partial charge is 0.353 e. The molecule has 0 aromatic carbocycles. The Balaban J connectivity index is 3.24. The van der Waals surface area contributed by atoms with Crippen LogP contribution in [0.3, 0.4) is 0 Å². The van der Waals surface area contributed by atoms with Crippen LogP contribution in [0.1, 0.15) is 135 Å². The molecule has 0 heterocycles. The highest BCUT2D eigenvalue weighted by molar-refractivity contribution is 7.85. The molecule has 32 heavy (non-hydrogen) atoms. The predicted molar refractivity (Wildman–Crippen MR) is 137 cm³/mol. The Bertz CT molecular complexity index is 546. The molecule has 0 atom stereocenters. The van der Waals surface area contributed by atoms with Crippen molar-refractivity contribution in [3.63, 3.8) is 0 Å². The maximum absolute atomic E-state index is 11.6. The molecule has 1 amide bonds. The van der Waals surface area contributed by atoms with Crippen LogP contribution in [-0.2, 0) is 14.9 Å². The van der Waals surface area contributed by atoms with Crippen molar-refractivity contribution in [1.29, 1.82) is 0 Å². The van der Waals surface area contributed by atoms with Crippen molar-refractivity contribution >= 4 is 16.0 Å². The lowest BCUT2D eigenvalue weighted by Crippen LogP contribution is -2.22. The first-order valence-electron chi connectivity index (χ1n) is 13.3. The van der Waals surface area contributed by atoms with Crippen LogP contribution >= 0.6 is 0 Å². The van der Waals surface area contributed by atoms with Crippen molar-refractivity contribution in [2.45, 2.75) is 135 Å². The zero-order valence-corrected chi connectivity index (χ0v) is 21.6. The van der Waals surface area contributed by atoms with Crippen LogP contribution in [0.4, 0.5) is 0 Å². The number of allylic oxidation sites excluding steroid dienone is 1. The van der Waals surface area contributed by atoms with Gasteiger partial charge in [0.05, 0.1) is 5.75 Å². The van der Waals surface area contributed by atoms with E-state index in [4.69, 9.17) is 4.55 Å². The van der Waals surface area contributed by atoms with Gasteiger partial charge in [0.2, 0.25) is 5.91 Å². The van der Waals surface area contributed by atoms with Crippen molar-refractivity contribution in [2.75, 3.05) is 12.3 Å². The summed E-state index contributed by atoms with van der Waals surface area (Å²) in [5.41, 5.74) is 0. The molecule has 0 rings (SSSR count). The zero-order valence-electron chi connectivity index (χ0n) is 20.8. The topological polar surface area (TPSA) is 83.5 Å². The third-order valence-electron chi connectivity index (χ3n) is 5.87. The molecule has 2 N–H and O–H groups in total. The van der Waals surface area contributed by atoms with Crippen LogP contribution in [-0.4, -0.2) is 31.2 Å². The van der Waals surface area contributed by atoms with E-state index in [0.29, 0.717) is 19.4 Å².